The second-order valence-corrected chi connectivity index (χ2v) is 14.3. The molecule has 0 radical (unpaired) electrons. The monoisotopic (exact) mass is 642 g/mol. The topological polar surface area (TPSA) is 9.23 Å². The van der Waals surface area contributed by atoms with E-state index in [1.54, 1.807) is 0 Å². The minimum Gasteiger partial charge on any atom is -0.457 e. The summed E-state index contributed by atoms with van der Waals surface area (Å²) in [5, 5.41) is 0. The minimum atomic E-state index is -0.558. The lowest BCUT2D eigenvalue weighted by atomic mass is 9.63. The molecule has 1 heterocycles. The number of hydrogen-bond donors (Lipinski definition) is 0. The summed E-state index contributed by atoms with van der Waals surface area (Å²) >= 11 is 0. The molecule has 1 saturated carbocycles. The van der Waals surface area contributed by atoms with Crippen LogP contribution in [0.4, 0.5) is 0 Å². The molecule has 0 saturated heterocycles. The lowest BCUT2D eigenvalue weighted by Gasteiger charge is -2.41. The molecule has 0 aromatic heterocycles. The summed E-state index contributed by atoms with van der Waals surface area (Å²) in [5.41, 5.74) is 15.2. The molecular weight excluding hydrogens is 605 g/mol. The van der Waals surface area contributed by atoms with Crippen molar-refractivity contribution in [2.45, 2.75) is 42.9 Å². The SMILES string of the molecule is c1ccc(C2(c3ccccc3)c3ccccc3Oc3ccc(-c4ccccc4-c4cccc5c4-c4ccccc4C54CCCCC4)cc32)cc1. The summed E-state index contributed by atoms with van der Waals surface area (Å²) in [6, 6.07) is 62.7. The molecule has 10 rings (SSSR count). The van der Waals surface area contributed by atoms with Gasteiger partial charge >= 0.3 is 0 Å². The normalized spacial score (nSPS) is 16.1. The van der Waals surface area contributed by atoms with Crippen molar-refractivity contribution in [2.75, 3.05) is 0 Å². The van der Waals surface area contributed by atoms with E-state index in [0.29, 0.717) is 0 Å². The third kappa shape index (κ3) is 4.13. The molecule has 1 fully saturated rings. The highest BCUT2D eigenvalue weighted by atomic mass is 16.5. The zero-order valence-corrected chi connectivity index (χ0v) is 28.1. The van der Waals surface area contributed by atoms with E-state index in [4.69, 9.17) is 4.74 Å². The van der Waals surface area contributed by atoms with Crippen LogP contribution >= 0.6 is 0 Å². The molecule has 7 aromatic rings. The molecule has 50 heavy (non-hydrogen) atoms. The first-order chi connectivity index (χ1) is 24.8. The van der Waals surface area contributed by atoms with Gasteiger partial charge < -0.3 is 4.74 Å². The number of ether oxygens (including phenoxy) is 1. The van der Waals surface area contributed by atoms with Crippen molar-refractivity contribution in [1.29, 1.82) is 0 Å². The average molecular weight is 643 g/mol. The van der Waals surface area contributed by atoms with Gasteiger partial charge in [0, 0.05) is 16.5 Å². The van der Waals surface area contributed by atoms with Crippen molar-refractivity contribution >= 4 is 0 Å². The largest absolute Gasteiger partial charge is 0.457 e. The number of hydrogen-bond acceptors (Lipinski definition) is 1. The van der Waals surface area contributed by atoms with Crippen molar-refractivity contribution in [3.63, 3.8) is 0 Å². The van der Waals surface area contributed by atoms with Gasteiger partial charge in [-0.25, -0.2) is 0 Å². The number of para-hydroxylation sites is 1. The van der Waals surface area contributed by atoms with E-state index in [0.717, 1.165) is 22.6 Å². The highest BCUT2D eigenvalue weighted by Gasteiger charge is 2.46. The molecule has 1 heteroatoms. The lowest BCUT2D eigenvalue weighted by molar-refractivity contribution is 0.353. The van der Waals surface area contributed by atoms with Gasteiger partial charge in [0.05, 0.1) is 5.41 Å². The van der Waals surface area contributed by atoms with Gasteiger partial charge in [0.15, 0.2) is 0 Å². The van der Waals surface area contributed by atoms with Crippen LogP contribution in [0, 0.1) is 0 Å². The summed E-state index contributed by atoms with van der Waals surface area (Å²) in [7, 11) is 0. The first-order valence-corrected chi connectivity index (χ1v) is 18.2. The molecular formula is C49H38O. The predicted molar refractivity (Wildman–Crippen MR) is 205 cm³/mol. The van der Waals surface area contributed by atoms with Gasteiger partial charge in [0.1, 0.15) is 11.5 Å². The van der Waals surface area contributed by atoms with E-state index in [2.05, 4.69) is 170 Å². The number of rotatable bonds is 4. The maximum Gasteiger partial charge on any atom is 0.132 e. The highest BCUT2D eigenvalue weighted by molar-refractivity contribution is 5.97. The van der Waals surface area contributed by atoms with Crippen molar-refractivity contribution in [3.8, 4) is 44.9 Å². The van der Waals surface area contributed by atoms with E-state index in [9.17, 15) is 0 Å². The van der Waals surface area contributed by atoms with E-state index >= 15 is 0 Å². The molecule has 240 valence electrons. The third-order valence-electron chi connectivity index (χ3n) is 11.8. The average Bonchev–Trinajstić information content (AvgIpc) is 3.46. The molecule has 0 atom stereocenters. The van der Waals surface area contributed by atoms with Crippen LogP contribution < -0.4 is 4.74 Å². The molecule has 0 N–H and O–H groups in total. The Balaban J connectivity index is 1.22. The maximum absolute atomic E-state index is 6.74. The van der Waals surface area contributed by atoms with Crippen molar-refractivity contribution in [2.24, 2.45) is 0 Å². The minimum absolute atomic E-state index is 0.122. The first kappa shape index (κ1) is 29.3. The second-order valence-electron chi connectivity index (χ2n) is 14.3. The van der Waals surface area contributed by atoms with Gasteiger partial charge in [0.25, 0.3) is 0 Å². The summed E-state index contributed by atoms with van der Waals surface area (Å²) < 4.78 is 6.74. The smallest absolute Gasteiger partial charge is 0.132 e. The Kier molecular flexibility index (Phi) is 6.71. The molecule has 0 unspecified atom stereocenters. The van der Waals surface area contributed by atoms with E-state index in [1.807, 2.05) is 0 Å². The molecule has 1 spiro atoms. The van der Waals surface area contributed by atoms with E-state index in [1.165, 1.54) is 87.7 Å². The Bertz CT molecular complexity index is 2340. The van der Waals surface area contributed by atoms with Crippen molar-refractivity contribution in [1.82, 2.24) is 0 Å². The highest BCUT2D eigenvalue weighted by Crippen LogP contribution is 2.59. The maximum atomic E-state index is 6.74. The Morgan fingerprint density at radius 2 is 0.940 bits per heavy atom. The van der Waals surface area contributed by atoms with Crippen LogP contribution in [0.1, 0.15) is 65.5 Å². The van der Waals surface area contributed by atoms with Gasteiger partial charge in [0.2, 0.25) is 0 Å². The molecule has 7 aromatic carbocycles. The lowest BCUT2D eigenvalue weighted by Crippen LogP contribution is -2.34. The predicted octanol–water partition coefficient (Wildman–Crippen LogP) is 12.7. The van der Waals surface area contributed by atoms with E-state index in [-0.39, 0.29) is 5.41 Å². The Morgan fingerprint density at radius 3 is 1.68 bits per heavy atom. The summed E-state index contributed by atoms with van der Waals surface area (Å²) in [4.78, 5) is 0. The van der Waals surface area contributed by atoms with Gasteiger partial charge in [-0.15, -0.1) is 0 Å². The van der Waals surface area contributed by atoms with Crippen LogP contribution in [0.15, 0.2) is 170 Å². The summed E-state index contributed by atoms with van der Waals surface area (Å²) in [6.07, 6.45) is 6.38. The standard InChI is InChI=1S/C49H38O/c1-4-17-35(18-5-1)49(36-19-6-2-7-20-36)42-26-12-13-28-45(42)50-46-30-29-34(33-44(46)49)37-21-8-9-22-38(37)39-24-16-27-43-47(39)40-23-10-11-25-41(40)48(43)31-14-3-15-32-48/h1-2,4-13,16-30,33H,3,14-15,31-32H2. The zero-order valence-electron chi connectivity index (χ0n) is 28.1. The van der Waals surface area contributed by atoms with Crippen LogP contribution in [-0.2, 0) is 10.8 Å². The molecule has 2 aliphatic carbocycles. The quantitative estimate of drug-likeness (QED) is 0.186. The van der Waals surface area contributed by atoms with Gasteiger partial charge in [-0.2, -0.15) is 0 Å². The molecule has 0 bridgehead atoms. The van der Waals surface area contributed by atoms with Gasteiger partial charge in [-0.3, -0.25) is 0 Å². The number of benzene rings is 7. The number of fused-ring (bicyclic) bond motifs is 7. The fourth-order valence-electron chi connectivity index (χ4n) is 9.77. The van der Waals surface area contributed by atoms with Crippen LogP contribution in [0.25, 0.3) is 33.4 Å². The fourth-order valence-corrected chi connectivity index (χ4v) is 9.77. The van der Waals surface area contributed by atoms with Crippen molar-refractivity contribution < 1.29 is 4.74 Å². The molecule has 1 aliphatic heterocycles. The van der Waals surface area contributed by atoms with Crippen LogP contribution in [0.2, 0.25) is 0 Å². The van der Waals surface area contributed by atoms with Crippen LogP contribution in [0.5, 0.6) is 11.5 Å². The van der Waals surface area contributed by atoms with Gasteiger partial charge in [-0.05, 0) is 86.7 Å². The Hall–Kier alpha value is -5.66. The first-order valence-electron chi connectivity index (χ1n) is 18.2. The molecule has 1 nitrogen and oxygen atoms in total. The summed E-state index contributed by atoms with van der Waals surface area (Å²) in [5.74, 6) is 1.79. The molecule has 3 aliphatic rings. The second kappa shape index (κ2) is 11.5. The van der Waals surface area contributed by atoms with Crippen LogP contribution in [-0.4, -0.2) is 0 Å². The zero-order chi connectivity index (χ0) is 33.1. The molecule has 0 amide bonds. The van der Waals surface area contributed by atoms with Gasteiger partial charge in [-0.1, -0.05) is 171 Å². The Morgan fingerprint density at radius 1 is 0.380 bits per heavy atom. The van der Waals surface area contributed by atoms with Crippen LogP contribution in [0.3, 0.4) is 0 Å². The van der Waals surface area contributed by atoms with Crippen molar-refractivity contribution in [3.05, 3.63) is 203 Å². The van der Waals surface area contributed by atoms with E-state index < -0.39 is 5.41 Å². The third-order valence-corrected chi connectivity index (χ3v) is 11.8. The Labute approximate surface area is 294 Å². The summed E-state index contributed by atoms with van der Waals surface area (Å²) in [6.45, 7) is 0. The fraction of sp³-hybridized carbons (Fsp3) is 0.143.